The summed E-state index contributed by atoms with van der Waals surface area (Å²) >= 11 is -2.00. The van der Waals surface area contributed by atoms with E-state index in [1.54, 1.807) is 3.58 Å². The number of benzene rings is 1. The standard InChI is InChI=1S/C13H12N2.3CH3.Sn/c1-14-9-5-7-11-10-6-3-4-8-12(10)15(2)13(11)14;;;;/h4-9H,1-2H3;3*1H3;/q+1;;;;. The molecule has 2 aromatic heterocycles. The number of hydrogen-bond donors (Lipinski definition) is 0. The Bertz CT molecular complexity index is 779. The molecule has 0 fully saturated rings. The molecule has 0 radical (unpaired) electrons. The minimum absolute atomic E-state index is 1.29. The van der Waals surface area contributed by atoms with Crippen molar-refractivity contribution in [3.05, 3.63) is 36.5 Å². The quantitative estimate of drug-likeness (QED) is 0.466. The summed E-state index contributed by atoms with van der Waals surface area (Å²) < 4.78 is 6.10. The maximum atomic E-state index is 2.47. The molecule has 0 unspecified atom stereocenters. The van der Waals surface area contributed by atoms with Crippen LogP contribution in [0.15, 0.2) is 36.5 Å². The van der Waals surface area contributed by atoms with E-state index in [0.717, 1.165) is 0 Å². The van der Waals surface area contributed by atoms with Crippen molar-refractivity contribution in [2.45, 2.75) is 14.8 Å². The molecule has 0 saturated carbocycles. The molecule has 2 nitrogen and oxygen atoms in total. The zero-order chi connectivity index (χ0) is 13.8. The molecule has 0 atom stereocenters. The molecule has 0 N–H and O–H groups in total. The Labute approximate surface area is 118 Å². The van der Waals surface area contributed by atoms with Crippen LogP contribution in [0.3, 0.4) is 0 Å². The third-order valence-electron chi connectivity index (χ3n) is 3.98. The first-order valence-electron chi connectivity index (χ1n) is 6.77. The van der Waals surface area contributed by atoms with Gasteiger partial charge >= 0.3 is 118 Å². The van der Waals surface area contributed by atoms with Gasteiger partial charge in [-0.05, 0) is 0 Å². The fourth-order valence-corrected chi connectivity index (χ4v) is 6.17. The summed E-state index contributed by atoms with van der Waals surface area (Å²) in [4.78, 5) is 7.42. The van der Waals surface area contributed by atoms with Gasteiger partial charge in [-0.25, -0.2) is 0 Å². The SMILES string of the molecule is Cn1c2cc[c]([Sn]([CH3])([CH3])[CH3])cc2c2ccc[n+](C)c21. The van der Waals surface area contributed by atoms with Gasteiger partial charge < -0.3 is 0 Å². The first-order valence-corrected chi connectivity index (χ1v) is 16.8. The molecule has 3 aromatic rings. The topological polar surface area (TPSA) is 8.81 Å². The summed E-state index contributed by atoms with van der Waals surface area (Å²) in [7, 11) is 4.27. The van der Waals surface area contributed by atoms with E-state index in [4.69, 9.17) is 0 Å². The van der Waals surface area contributed by atoms with Gasteiger partial charge in [-0.1, -0.05) is 0 Å². The third kappa shape index (κ3) is 1.97. The predicted octanol–water partition coefficient (Wildman–Crippen LogP) is 2.70. The molecule has 0 saturated heterocycles. The molecule has 19 heavy (non-hydrogen) atoms. The number of rotatable bonds is 1. The van der Waals surface area contributed by atoms with Crippen LogP contribution >= 0.6 is 0 Å². The van der Waals surface area contributed by atoms with Crippen LogP contribution < -0.4 is 8.15 Å². The van der Waals surface area contributed by atoms with Gasteiger partial charge in [-0.3, -0.25) is 0 Å². The molecule has 3 rings (SSSR count). The first kappa shape index (κ1) is 13.0. The van der Waals surface area contributed by atoms with Gasteiger partial charge in [0.05, 0.1) is 0 Å². The number of pyridine rings is 1. The first-order chi connectivity index (χ1) is 8.89. The molecule has 0 aliphatic carbocycles. The second-order valence-electron chi connectivity index (χ2n) is 6.40. The van der Waals surface area contributed by atoms with E-state index >= 15 is 0 Å². The molecular weight excluding hydrogens is 339 g/mol. The van der Waals surface area contributed by atoms with Crippen molar-refractivity contribution < 1.29 is 4.57 Å². The number of aromatic nitrogens is 2. The van der Waals surface area contributed by atoms with E-state index in [2.05, 4.69) is 74.6 Å². The van der Waals surface area contributed by atoms with Crippen molar-refractivity contribution >= 4 is 43.9 Å². The molecule has 0 spiro atoms. The Hall–Kier alpha value is -1.03. The summed E-state index contributed by atoms with van der Waals surface area (Å²) in [6, 6.07) is 11.5. The second-order valence-corrected chi connectivity index (χ2v) is 20.9. The molecule has 0 aliphatic heterocycles. The van der Waals surface area contributed by atoms with Crippen LogP contribution in [0.25, 0.3) is 21.9 Å². The normalized spacial score (nSPS) is 12.5. The van der Waals surface area contributed by atoms with E-state index < -0.39 is 18.4 Å². The molecule has 98 valence electrons. The summed E-state index contributed by atoms with van der Waals surface area (Å²) in [5.41, 5.74) is 2.62. The van der Waals surface area contributed by atoms with Gasteiger partial charge in [0.1, 0.15) is 0 Å². The minimum atomic E-state index is -2.00. The van der Waals surface area contributed by atoms with Crippen molar-refractivity contribution in [3.63, 3.8) is 0 Å². The van der Waals surface area contributed by atoms with Gasteiger partial charge in [0.25, 0.3) is 0 Å². The van der Waals surface area contributed by atoms with E-state index in [9.17, 15) is 0 Å². The fraction of sp³-hybridized carbons (Fsp3) is 0.312. The summed E-state index contributed by atoms with van der Waals surface area (Å²) in [6.45, 7) is 0. The Morgan fingerprint density at radius 1 is 1.05 bits per heavy atom. The average molecular weight is 360 g/mol. The third-order valence-corrected chi connectivity index (χ3v) is 9.81. The molecule has 0 bridgehead atoms. The Morgan fingerprint density at radius 2 is 1.79 bits per heavy atom. The van der Waals surface area contributed by atoms with Crippen LogP contribution in [0.4, 0.5) is 0 Å². The van der Waals surface area contributed by atoms with Crippen LogP contribution in [-0.2, 0) is 14.1 Å². The Kier molecular flexibility index (Phi) is 2.89. The molecular formula is C16H21N2Sn+. The number of nitrogens with zero attached hydrogens (tertiary/aromatic N) is 2. The van der Waals surface area contributed by atoms with Gasteiger partial charge in [0.2, 0.25) is 0 Å². The predicted molar refractivity (Wildman–Crippen MR) is 84.6 cm³/mol. The zero-order valence-corrected chi connectivity index (χ0v) is 15.2. The van der Waals surface area contributed by atoms with Gasteiger partial charge in [0, 0.05) is 0 Å². The summed E-state index contributed by atoms with van der Waals surface area (Å²) in [5, 5.41) is 2.76. The van der Waals surface area contributed by atoms with Crippen molar-refractivity contribution in [2.75, 3.05) is 0 Å². The Morgan fingerprint density at radius 3 is 2.47 bits per heavy atom. The fourth-order valence-electron chi connectivity index (χ4n) is 2.86. The molecule has 2 heterocycles. The van der Waals surface area contributed by atoms with Crippen molar-refractivity contribution in [3.8, 4) is 0 Å². The van der Waals surface area contributed by atoms with Crippen molar-refractivity contribution in [1.82, 2.24) is 4.57 Å². The van der Waals surface area contributed by atoms with Crippen LogP contribution in [0.5, 0.6) is 0 Å². The van der Waals surface area contributed by atoms with Crippen LogP contribution in [0, 0.1) is 0 Å². The van der Waals surface area contributed by atoms with Crippen molar-refractivity contribution in [1.29, 1.82) is 0 Å². The van der Waals surface area contributed by atoms with Gasteiger partial charge in [-0.15, -0.1) is 0 Å². The average Bonchev–Trinajstić information content (AvgIpc) is 2.63. The Balaban J connectivity index is 2.47. The monoisotopic (exact) mass is 361 g/mol. The summed E-state index contributed by atoms with van der Waals surface area (Å²) in [6.07, 6.45) is 2.12. The number of aryl methyl sites for hydroxylation is 2. The molecule has 1 aromatic carbocycles. The van der Waals surface area contributed by atoms with Crippen LogP contribution in [-0.4, -0.2) is 22.9 Å². The van der Waals surface area contributed by atoms with Crippen LogP contribution in [0.2, 0.25) is 14.8 Å². The maximum absolute atomic E-state index is 2.47. The molecule has 0 aliphatic rings. The van der Waals surface area contributed by atoms with Gasteiger partial charge in [0.15, 0.2) is 0 Å². The number of fused-ring (bicyclic) bond motifs is 3. The summed E-state index contributed by atoms with van der Waals surface area (Å²) in [5.74, 6) is 0. The van der Waals surface area contributed by atoms with Crippen molar-refractivity contribution in [2.24, 2.45) is 14.1 Å². The second kappa shape index (κ2) is 4.23. The van der Waals surface area contributed by atoms with E-state index in [1.165, 1.54) is 21.9 Å². The molecule has 3 heteroatoms. The molecule has 0 amide bonds. The zero-order valence-electron chi connectivity index (χ0n) is 12.4. The number of hydrogen-bond acceptors (Lipinski definition) is 0. The van der Waals surface area contributed by atoms with Gasteiger partial charge in [-0.2, -0.15) is 0 Å². The van der Waals surface area contributed by atoms with Crippen LogP contribution in [0.1, 0.15) is 0 Å². The van der Waals surface area contributed by atoms with E-state index in [1.807, 2.05) is 0 Å². The van der Waals surface area contributed by atoms with E-state index in [0.29, 0.717) is 0 Å². The van der Waals surface area contributed by atoms with E-state index in [-0.39, 0.29) is 0 Å².